The van der Waals surface area contributed by atoms with E-state index in [1.807, 2.05) is 6.07 Å². The average Bonchev–Trinajstić information content (AvgIpc) is 3.12. The highest BCUT2D eigenvalue weighted by Crippen LogP contribution is 2.48. The van der Waals surface area contributed by atoms with Crippen LogP contribution in [0.4, 0.5) is 0 Å². The lowest BCUT2D eigenvalue weighted by atomic mass is 10.1. The molecule has 1 aromatic carbocycles. The Kier molecular flexibility index (Phi) is 3.13. The summed E-state index contributed by atoms with van der Waals surface area (Å²) < 4.78 is 10.1. The Labute approximate surface area is 99.5 Å². The molecule has 1 aliphatic rings. The molecular weight excluding hydrogens is 220 g/mol. The average molecular weight is 234 g/mol. The first-order chi connectivity index (χ1) is 8.19. The number of carbonyl (C=O) groups excluding carboxylic acids is 2. The summed E-state index contributed by atoms with van der Waals surface area (Å²) in [5.74, 6) is -0.531. The molecule has 17 heavy (non-hydrogen) atoms. The molecule has 0 N–H and O–H groups in total. The van der Waals surface area contributed by atoms with Crippen molar-refractivity contribution in [3.63, 3.8) is 0 Å². The number of hydrogen-bond donors (Lipinski definition) is 0. The van der Waals surface area contributed by atoms with Crippen molar-refractivity contribution in [2.45, 2.75) is 19.8 Å². The fourth-order valence-corrected chi connectivity index (χ4v) is 1.58. The Balaban J connectivity index is 2.03. The van der Waals surface area contributed by atoms with E-state index in [0.717, 1.165) is 0 Å². The summed E-state index contributed by atoms with van der Waals surface area (Å²) in [5.41, 5.74) is -1.05. The van der Waals surface area contributed by atoms with Crippen LogP contribution in [0.3, 0.4) is 0 Å². The van der Waals surface area contributed by atoms with Gasteiger partial charge in [-0.05, 0) is 31.9 Å². The van der Waals surface area contributed by atoms with Gasteiger partial charge in [0, 0.05) is 0 Å². The lowest BCUT2D eigenvalue weighted by molar-refractivity contribution is -0.159. The quantitative estimate of drug-likeness (QED) is 0.454. The van der Waals surface area contributed by atoms with E-state index in [4.69, 9.17) is 9.47 Å². The SMILES string of the molecule is CCOC(=O)C1(C(=O)Oc2ccccc2)CC1. The van der Waals surface area contributed by atoms with Crippen molar-refractivity contribution in [1.82, 2.24) is 0 Å². The number of carbonyl (C=O) groups is 2. The second kappa shape index (κ2) is 4.57. The van der Waals surface area contributed by atoms with Crippen LogP contribution in [0.1, 0.15) is 19.8 Å². The van der Waals surface area contributed by atoms with E-state index in [9.17, 15) is 9.59 Å². The Morgan fingerprint density at radius 1 is 1.18 bits per heavy atom. The first kappa shape index (κ1) is 11.6. The molecule has 1 fully saturated rings. The van der Waals surface area contributed by atoms with Crippen molar-refractivity contribution >= 4 is 11.9 Å². The van der Waals surface area contributed by atoms with Gasteiger partial charge in [0.15, 0.2) is 5.41 Å². The van der Waals surface area contributed by atoms with E-state index in [0.29, 0.717) is 18.6 Å². The molecule has 1 aromatic rings. The summed E-state index contributed by atoms with van der Waals surface area (Å²) >= 11 is 0. The zero-order valence-electron chi connectivity index (χ0n) is 9.64. The number of hydrogen-bond acceptors (Lipinski definition) is 4. The van der Waals surface area contributed by atoms with E-state index >= 15 is 0 Å². The van der Waals surface area contributed by atoms with Crippen LogP contribution in [-0.4, -0.2) is 18.5 Å². The maximum Gasteiger partial charge on any atom is 0.328 e. The highest BCUT2D eigenvalue weighted by atomic mass is 16.6. The highest BCUT2D eigenvalue weighted by Gasteiger charge is 2.59. The van der Waals surface area contributed by atoms with Gasteiger partial charge in [-0.2, -0.15) is 0 Å². The Morgan fingerprint density at radius 3 is 2.35 bits per heavy atom. The van der Waals surface area contributed by atoms with Gasteiger partial charge < -0.3 is 9.47 Å². The van der Waals surface area contributed by atoms with E-state index < -0.39 is 17.4 Å². The second-order valence-electron chi connectivity index (χ2n) is 4.01. The Hall–Kier alpha value is -1.84. The van der Waals surface area contributed by atoms with Crippen molar-refractivity contribution in [2.75, 3.05) is 6.61 Å². The summed E-state index contributed by atoms with van der Waals surface area (Å²) in [6.45, 7) is 2.00. The standard InChI is InChI=1S/C13H14O4/c1-2-16-11(14)13(8-9-13)12(15)17-10-6-4-3-5-7-10/h3-7H,2,8-9H2,1H3. The van der Waals surface area contributed by atoms with E-state index in [-0.39, 0.29) is 6.61 Å². The summed E-state index contributed by atoms with van der Waals surface area (Å²) in [7, 11) is 0. The van der Waals surface area contributed by atoms with Crippen LogP contribution < -0.4 is 4.74 Å². The summed E-state index contributed by atoms with van der Waals surface area (Å²) in [6, 6.07) is 8.73. The maximum atomic E-state index is 11.9. The van der Waals surface area contributed by atoms with Gasteiger partial charge in [0.25, 0.3) is 0 Å². The molecule has 0 aliphatic heterocycles. The largest absolute Gasteiger partial charge is 0.465 e. The normalized spacial score (nSPS) is 16.1. The smallest absolute Gasteiger partial charge is 0.328 e. The summed E-state index contributed by atoms with van der Waals surface area (Å²) in [4.78, 5) is 23.5. The zero-order chi connectivity index (χ0) is 12.3. The molecule has 0 radical (unpaired) electrons. The molecule has 0 bridgehead atoms. The fraction of sp³-hybridized carbons (Fsp3) is 0.385. The first-order valence-corrected chi connectivity index (χ1v) is 5.63. The molecule has 0 amide bonds. The van der Waals surface area contributed by atoms with E-state index in [1.54, 1.807) is 31.2 Å². The van der Waals surface area contributed by atoms with E-state index in [1.165, 1.54) is 0 Å². The van der Waals surface area contributed by atoms with Gasteiger partial charge in [-0.15, -0.1) is 0 Å². The minimum atomic E-state index is -1.05. The minimum absolute atomic E-state index is 0.277. The molecular formula is C13H14O4. The molecule has 0 heterocycles. The van der Waals surface area contributed by atoms with Gasteiger partial charge in [-0.1, -0.05) is 18.2 Å². The van der Waals surface area contributed by atoms with Gasteiger partial charge in [-0.25, -0.2) is 0 Å². The van der Waals surface area contributed by atoms with Crippen LogP contribution in [0, 0.1) is 5.41 Å². The molecule has 0 atom stereocenters. The minimum Gasteiger partial charge on any atom is -0.465 e. The molecule has 0 saturated heterocycles. The van der Waals surface area contributed by atoms with Crippen molar-refractivity contribution in [3.05, 3.63) is 30.3 Å². The van der Waals surface area contributed by atoms with Gasteiger partial charge in [0.2, 0.25) is 0 Å². The molecule has 2 rings (SSSR count). The van der Waals surface area contributed by atoms with E-state index in [2.05, 4.69) is 0 Å². The molecule has 0 aromatic heterocycles. The predicted octanol–water partition coefficient (Wildman–Crippen LogP) is 1.94. The zero-order valence-corrected chi connectivity index (χ0v) is 9.64. The van der Waals surface area contributed by atoms with Crippen LogP contribution in [0.2, 0.25) is 0 Å². The van der Waals surface area contributed by atoms with Gasteiger partial charge >= 0.3 is 11.9 Å². The molecule has 90 valence electrons. The van der Waals surface area contributed by atoms with Gasteiger partial charge in [-0.3, -0.25) is 9.59 Å². The third kappa shape index (κ3) is 2.30. The van der Waals surface area contributed by atoms with Crippen LogP contribution >= 0.6 is 0 Å². The molecule has 4 nitrogen and oxygen atoms in total. The lowest BCUT2D eigenvalue weighted by Gasteiger charge is -2.12. The highest BCUT2D eigenvalue weighted by molar-refractivity contribution is 6.03. The molecule has 0 unspecified atom stereocenters. The molecule has 1 saturated carbocycles. The van der Waals surface area contributed by atoms with Crippen LogP contribution in [0.5, 0.6) is 5.75 Å². The van der Waals surface area contributed by atoms with Gasteiger partial charge in [0.1, 0.15) is 5.75 Å². The summed E-state index contributed by atoms with van der Waals surface area (Å²) in [6.07, 6.45) is 1.02. The van der Waals surface area contributed by atoms with Crippen molar-refractivity contribution < 1.29 is 19.1 Å². The first-order valence-electron chi connectivity index (χ1n) is 5.63. The molecule has 0 spiro atoms. The molecule has 1 aliphatic carbocycles. The maximum absolute atomic E-state index is 11.9. The van der Waals surface area contributed by atoms with Crippen molar-refractivity contribution in [3.8, 4) is 5.75 Å². The second-order valence-corrected chi connectivity index (χ2v) is 4.01. The number of esters is 2. The van der Waals surface area contributed by atoms with Crippen LogP contribution in [0.25, 0.3) is 0 Å². The fourth-order valence-electron chi connectivity index (χ4n) is 1.58. The van der Waals surface area contributed by atoms with Crippen molar-refractivity contribution in [1.29, 1.82) is 0 Å². The monoisotopic (exact) mass is 234 g/mol. The number of benzene rings is 1. The number of ether oxygens (including phenoxy) is 2. The van der Waals surface area contributed by atoms with Crippen LogP contribution in [-0.2, 0) is 14.3 Å². The lowest BCUT2D eigenvalue weighted by Crippen LogP contribution is -2.31. The number of rotatable bonds is 4. The predicted molar refractivity (Wildman–Crippen MR) is 60.4 cm³/mol. The van der Waals surface area contributed by atoms with Gasteiger partial charge in [0.05, 0.1) is 6.61 Å². The molecule has 4 heteroatoms. The van der Waals surface area contributed by atoms with Crippen molar-refractivity contribution in [2.24, 2.45) is 5.41 Å². The third-order valence-electron chi connectivity index (χ3n) is 2.76. The summed E-state index contributed by atoms with van der Waals surface area (Å²) in [5, 5.41) is 0. The third-order valence-corrected chi connectivity index (χ3v) is 2.76. The number of para-hydroxylation sites is 1. The van der Waals surface area contributed by atoms with Crippen LogP contribution in [0.15, 0.2) is 30.3 Å². The Morgan fingerprint density at radius 2 is 1.82 bits per heavy atom. The Bertz CT molecular complexity index is 420. The topological polar surface area (TPSA) is 52.6 Å².